The van der Waals surface area contributed by atoms with Crippen LogP contribution in [0, 0.1) is 5.92 Å². The monoisotopic (exact) mass is 255 g/mol. The van der Waals surface area contributed by atoms with E-state index in [-0.39, 0.29) is 0 Å². The molecule has 1 atom stereocenters. The number of imidazole rings is 1. The summed E-state index contributed by atoms with van der Waals surface area (Å²) in [7, 11) is 3.44. The van der Waals surface area contributed by atoms with Crippen LogP contribution in [-0.4, -0.2) is 43.5 Å². The van der Waals surface area contributed by atoms with E-state index in [0.717, 1.165) is 25.4 Å². The minimum Gasteiger partial charge on any atom is -0.383 e. The summed E-state index contributed by atoms with van der Waals surface area (Å²) in [5, 5.41) is 3.28. The van der Waals surface area contributed by atoms with Gasteiger partial charge in [0.1, 0.15) is 0 Å². The van der Waals surface area contributed by atoms with Crippen LogP contribution in [0.2, 0.25) is 0 Å². The van der Waals surface area contributed by atoms with E-state index < -0.39 is 0 Å². The molecular weight excluding hydrogens is 230 g/mol. The van der Waals surface area contributed by atoms with Gasteiger partial charge in [0.25, 0.3) is 0 Å². The molecule has 1 aromatic heterocycles. The number of methoxy groups -OCH3 is 2. The van der Waals surface area contributed by atoms with E-state index in [0.29, 0.717) is 18.6 Å². The lowest BCUT2D eigenvalue weighted by Gasteiger charge is -2.21. The van der Waals surface area contributed by atoms with Gasteiger partial charge in [-0.3, -0.25) is 0 Å². The molecule has 104 valence electrons. The molecule has 5 nitrogen and oxygen atoms in total. The molecule has 0 aromatic carbocycles. The van der Waals surface area contributed by atoms with Gasteiger partial charge < -0.3 is 19.4 Å². The maximum absolute atomic E-state index is 5.26. The van der Waals surface area contributed by atoms with Crippen LogP contribution in [0.25, 0.3) is 0 Å². The van der Waals surface area contributed by atoms with Crippen LogP contribution < -0.4 is 5.32 Å². The van der Waals surface area contributed by atoms with Gasteiger partial charge in [-0.25, -0.2) is 4.98 Å². The van der Waals surface area contributed by atoms with E-state index >= 15 is 0 Å². The molecule has 0 amide bonds. The number of rotatable bonds is 9. The summed E-state index contributed by atoms with van der Waals surface area (Å²) in [6, 6.07) is 0.343. The molecule has 1 aromatic rings. The highest BCUT2D eigenvalue weighted by atomic mass is 16.5. The lowest BCUT2D eigenvalue weighted by atomic mass is 10.1. The van der Waals surface area contributed by atoms with Crippen molar-refractivity contribution in [3.05, 3.63) is 18.2 Å². The fourth-order valence-electron chi connectivity index (χ4n) is 1.84. The molecule has 0 bridgehead atoms. The molecule has 1 unspecified atom stereocenters. The Morgan fingerprint density at radius 2 is 2.11 bits per heavy atom. The summed E-state index contributed by atoms with van der Waals surface area (Å²) in [6.07, 6.45) is 3.97. The Balaban J connectivity index is 2.50. The highest BCUT2D eigenvalue weighted by Crippen LogP contribution is 2.18. The van der Waals surface area contributed by atoms with Gasteiger partial charge in [0.15, 0.2) is 0 Å². The standard InChI is InChI=1S/C13H25N3O2/c1-11(2)13(9-18-4)16-8-12(15-10-16)7-14-5-6-17-3/h8,10-11,13-14H,5-7,9H2,1-4H3. The molecular formula is C13H25N3O2. The molecule has 1 heterocycles. The average molecular weight is 255 g/mol. The average Bonchev–Trinajstić information content (AvgIpc) is 2.79. The first-order valence-electron chi connectivity index (χ1n) is 6.40. The largest absolute Gasteiger partial charge is 0.383 e. The normalized spacial score (nSPS) is 13.2. The summed E-state index contributed by atoms with van der Waals surface area (Å²) < 4.78 is 12.4. The number of hydrogen-bond donors (Lipinski definition) is 1. The van der Waals surface area contributed by atoms with Crippen LogP contribution in [0.4, 0.5) is 0 Å². The van der Waals surface area contributed by atoms with Gasteiger partial charge in [-0.1, -0.05) is 13.8 Å². The second kappa shape index (κ2) is 8.24. The molecule has 0 saturated heterocycles. The maximum atomic E-state index is 5.26. The van der Waals surface area contributed by atoms with E-state index in [4.69, 9.17) is 9.47 Å². The van der Waals surface area contributed by atoms with Gasteiger partial charge in [0, 0.05) is 33.5 Å². The van der Waals surface area contributed by atoms with Crippen LogP contribution >= 0.6 is 0 Å². The summed E-state index contributed by atoms with van der Waals surface area (Å²) in [6.45, 7) is 7.44. The third-order valence-corrected chi connectivity index (χ3v) is 2.93. The summed E-state index contributed by atoms with van der Waals surface area (Å²) >= 11 is 0. The van der Waals surface area contributed by atoms with E-state index in [1.54, 1.807) is 14.2 Å². The first-order valence-corrected chi connectivity index (χ1v) is 6.40. The Hall–Kier alpha value is -0.910. The number of nitrogens with zero attached hydrogens (tertiary/aromatic N) is 2. The number of hydrogen-bond acceptors (Lipinski definition) is 4. The topological polar surface area (TPSA) is 48.3 Å². The highest BCUT2D eigenvalue weighted by molar-refractivity contribution is 4.98. The van der Waals surface area contributed by atoms with Crippen LogP contribution in [0.15, 0.2) is 12.5 Å². The van der Waals surface area contributed by atoms with Gasteiger partial charge in [-0.15, -0.1) is 0 Å². The van der Waals surface area contributed by atoms with E-state index in [2.05, 4.69) is 34.9 Å². The third kappa shape index (κ3) is 4.76. The van der Waals surface area contributed by atoms with Crippen LogP contribution in [-0.2, 0) is 16.0 Å². The summed E-state index contributed by atoms with van der Waals surface area (Å²) in [5.41, 5.74) is 1.05. The Labute approximate surface area is 109 Å². The van der Waals surface area contributed by atoms with Gasteiger partial charge in [0.2, 0.25) is 0 Å². The summed E-state index contributed by atoms with van der Waals surface area (Å²) in [5.74, 6) is 0.522. The van der Waals surface area contributed by atoms with Gasteiger partial charge in [0.05, 0.1) is 31.3 Å². The van der Waals surface area contributed by atoms with Crippen molar-refractivity contribution in [3.63, 3.8) is 0 Å². The molecule has 18 heavy (non-hydrogen) atoms. The molecule has 0 spiro atoms. The smallest absolute Gasteiger partial charge is 0.0953 e. The second-order valence-electron chi connectivity index (χ2n) is 4.75. The van der Waals surface area contributed by atoms with Crippen molar-refractivity contribution >= 4 is 0 Å². The molecule has 0 aliphatic carbocycles. The van der Waals surface area contributed by atoms with Crippen molar-refractivity contribution < 1.29 is 9.47 Å². The fraction of sp³-hybridized carbons (Fsp3) is 0.769. The van der Waals surface area contributed by atoms with Crippen molar-refractivity contribution in [2.45, 2.75) is 26.4 Å². The first-order chi connectivity index (χ1) is 8.69. The van der Waals surface area contributed by atoms with Crippen molar-refractivity contribution in [1.82, 2.24) is 14.9 Å². The zero-order chi connectivity index (χ0) is 13.4. The van der Waals surface area contributed by atoms with E-state index in [1.165, 1.54) is 0 Å². The lowest BCUT2D eigenvalue weighted by Crippen LogP contribution is -2.20. The molecule has 1 rings (SSSR count). The van der Waals surface area contributed by atoms with Crippen molar-refractivity contribution in [1.29, 1.82) is 0 Å². The van der Waals surface area contributed by atoms with Crippen LogP contribution in [0.3, 0.4) is 0 Å². The first kappa shape index (κ1) is 15.1. The molecule has 1 N–H and O–H groups in total. The Kier molecular flexibility index (Phi) is 6.93. The number of nitrogens with one attached hydrogen (secondary N) is 1. The minimum atomic E-state index is 0.343. The predicted octanol–water partition coefficient (Wildman–Crippen LogP) is 1.46. The zero-order valence-corrected chi connectivity index (χ0v) is 11.8. The minimum absolute atomic E-state index is 0.343. The Morgan fingerprint density at radius 3 is 2.72 bits per heavy atom. The number of ether oxygens (including phenoxy) is 2. The van der Waals surface area contributed by atoms with Crippen LogP contribution in [0.5, 0.6) is 0 Å². The van der Waals surface area contributed by atoms with Crippen molar-refractivity contribution in [2.75, 3.05) is 34.0 Å². The lowest BCUT2D eigenvalue weighted by molar-refractivity contribution is 0.133. The molecule has 0 aliphatic rings. The van der Waals surface area contributed by atoms with Crippen molar-refractivity contribution in [2.24, 2.45) is 5.92 Å². The van der Waals surface area contributed by atoms with E-state index in [9.17, 15) is 0 Å². The summed E-state index contributed by atoms with van der Waals surface area (Å²) in [4.78, 5) is 4.40. The fourth-order valence-corrected chi connectivity index (χ4v) is 1.84. The zero-order valence-electron chi connectivity index (χ0n) is 11.8. The molecule has 0 fully saturated rings. The molecule has 0 aliphatic heterocycles. The Bertz CT molecular complexity index is 326. The quantitative estimate of drug-likeness (QED) is 0.679. The molecule has 0 radical (unpaired) electrons. The SMILES string of the molecule is COCCNCc1cn(C(COC)C(C)C)cn1. The maximum Gasteiger partial charge on any atom is 0.0953 e. The predicted molar refractivity (Wildman–Crippen MR) is 71.6 cm³/mol. The second-order valence-corrected chi connectivity index (χ2v) is 4.75. The van der Waals surface area contributed by atoms with Gasteiger partial charge in [-0.2, -0.15) is 0 Å². The number of aromatic nitrogens is 2. The Morgan fingerprint density at radius 1 is 1.33 bits per heavy atom. The van der Waals surface area contributed by atoms with Crippen LogP contribution in [0.1, 0.15) is 25.6 Å². The third-order valence-electron chi connectivity index (χ3n) is 2.93. The molecule has 5 heteroatoms. The molecule has 0 saturated carbocycles. The van der Waals surface area contributed by atoms with Gasteiger partial charge in [-0.05, 0) is 5.92 Å². The van der Waals surface area contributed by atoms with Gasteiger partial charge >= 0.3 is 0 Å². The highest BCUT2D eigenvalue weighted by Gasteiger charge is 2.15. The van der Waals surface area contributed by atoms with E-state index in [1.807, 2.05) is 6.33 Å². The van der Waals surface area contributed by atoms with Crippen molar-refractivity contribution in [3.8, 4) is 0 Å².